The normalized spacial score (nSPS) is 11.6. The second-order valence-corrected chi connectivity index (χ2v) is 6.31. The van der Waals surface area contributed by atoms with E-state index in [4.69, 9.17) is 11.6 Å². The first-order valence-electron chi connectivity index (χ1n) is 8.02. The summed E-state index contributed by atoms with van der Waals surface area (Å²) < 4.78 is 39.0. The van der Waals surface area contributed by atoms with E-state index in [0.717, 1.165) is 6.07 Å². The highest BCUT2D eigenvalue weighted by atomic mass is 35.5. The fourth-order valence-corrected chi connectivity index (χ4v) is 2.82. The van der Waals surface area contributed by atoms with Crippen LogP contribution in [-0.2, 0) is 12.6 Å². The summed E-state index contributed by atoms with van der Waals surface area (Å²) in [5.41, 5.74) is -1.25. The first-order chi connectivity index (χ1) is 12.8. The van der Waals surface area contributed by atoms with Gasteiger partial charge in [0, 0.05) is 17.3 Å². The Morgan fingerprint density at radius 2 is 1.52 bits per heavy atom. The van der Waals surface area contributed by atoms with Crippen LogP contribution >= 0.6 is 11.6 Å². The minimum Gasteiger partial charge on any atom is -0.380 e. The van der Waals surface area contributed by atoms with Crippen molar-refractivity contribution in [3.05, 3.63) is 85.1 Å². The summed E-state index contributed by atoms with van der Waals surface area (Å²) in [6, 6.07) is 11.8. The quantitative estimate of drug-likeness (QED) is 0.610. The van der Waals surface area contributed by atoms with Crippen LogP contribution in [-0.4, -0.2) is 6.54 Å². The highest BCUT2D eigenvalue weighted by molar-refractivity contribution is 6.30. The van der Waals surface area contributed by atoms with E-state index in [0.29, 0.717) is 10.7 Å². The van der Waals surface area contributed by atoms with Crippen LogP contribution in [0.1, 0.15) is 11.1 Å². The molecule has 8 heteroatoms. The molecule has 0 saturated carbocycles. The van der Waals surface area contributed by atoms with Crippen molar-refractivity contribution >= 4 is 28.7 Å². The number of halogens is 4. The Bertz CT molecular complexity index is 1020. The molecule has 3 aromatic rings. The summed E-state index contributed by atoms with van der Waals surface area (Å²) in [6.07, 6.45) is -4.39. The minimum absolute atomic E-state index is 0.0505. The Morgan fingerprint density at radius 3 is 2.19 bits per heavy atom. The van der Waals surface area contributed by atoms with Gasteiger partial charge in [-0.1, -0.05) is 29.8 Å². The first-order valence-corrected chi connectivity index (χ1v) is 8.40. The van der Waals surface area contributed by atoms with Crippen molar-refractivity contribution < 1.29 is 13.2 Å². The maximum absolute atomic E-state index is 13.0. The van der Waals surface area contributed by atoms with Crippen LogP contribution in [0.3, 0.4) is 0 Å². The van der Waals surface area contributed by atoms with E-state index in [9.17, 15) is 22.8 Å². The zero-order chi connectivity index (χ0) is 19.6. The van der Waals surface area contributed by atoms with Gasteiger partial charge in [0.2, 0.25) is 0 Å². The van der Waals surface area contributed by atoms with E-state index >= 15 is 0 Å². The molecule has 0 aliphatic carbocycles. The molecule has 140 valence electrons. The Labute approximate surface area is 157 Å². The van der Waals surface area contributed by atoms with Gasteiger partial charge < -0.3 is 10.6 Å². The summed E-state index contributed by atoms with van der Waals surface area (Å²) in [7, 11) is 0. The van der Waals surface area contributed by atoms with Gasteiger partial charge >= 0.3 is 6.18 Å². The van der Waals surface area contributed by atoms with Crippen molar-refractivity contribution in [2.45, 2.75) is 12.6 Å². The third kappa shape index (κ3) is 4.14. The van der Waals surface area contributed by atoms with Crippen molar-refractivity contribution in [1.29, 1.82) is 0 Å². The average Bonchev–Trinajstić information content (AvgIpc) is 2.64. The average molecular weight is 395 g/mol. The summed E-state index contributed by atoms with van der Waals surface area (Å²) >= 11 is 5.79. The van der Waals surface area contributed by atoms with Crippen molar-refractivity contribution in [3.8, 4) is 0 Å². The molecule has 3 rings (SSSR count). The van der Waals surface area contributed by atoms with Crippen LogP contribution in [0.2, 0.25) is 5.02 Å². The van der Waals surface area contributed by atoms with E-state index in [2.05, 4.69) is 10.6 Å². The van der Waals surface area contributed by atoms with E-state index in [1.54, 1.807) is 24.3 Å². The van der Waals surface area contributed by atoms with Crippen LogP contribution in [0.15, 0.2) is 58.1 Å². The molecule has 4 nitrogen and oxygen atoms in total. The lowest BCUT2D eigenvalue weighted by Gasteiger charge is -2.16. The second-order valence-electron chi connectivity index (χ2n) is 5.87. The number of rotatable bonds is 6. The van der Waals surface area contributed by atoms with Gasteiger partial charge in [0.05, 0.1) is 5.56 Å². The molecule has 0 unspecified atom stereocenters. The SMILES string of the molecule is O=c1c(NCCc2ccccc2C(F)(F)F)c(Nc2ccc(Cl)cc2)c1=O. The Kier molecular flexibility index (Phi) is 5.23. The molecule has 0 spiro atoms. The highest BCUT2D eigenvalue weighted by Gasteiger charge is 2.32. The summed E-state index contributed by atoms with van der Waals surface area (Å²) in [5.74, 6) is 0. The lowest BCUT2D eigenvalue weighted by atomic mass is 10.0. The number of alkyl halides is 3. The molecule has 0 saturated heterocycles. The van der Waals surface area contributed by atoms with Gasteiger partial charge in [0.25, 0.3) is 10.9 Å². The summed E-state index contributed by atoms with van der Waals surface area (Å²) in [5, 5.41) is 6.11. The summed E-state index contributed by atoms with van der Waals surface area (Å²) in [4.78, 5) is 23.6. The third-order valence-electron chi connectivity index (χ3n) is 4.04. The van der Waals surface area contributed by atoms with E-state index < -0.39 is 22.6 Å². The zero-order valence-electron chi connectivity index (χ0n) is 13.9. The molecule has 0 aliphatic rings. The first kappa shape index (κ1) is 19.0. The topological polar surface area (TPSA) is 58.2 Å². The third-order valence-corrected chi connectivity index (χ3v) is 4.29. The molecule has 0 aromatic heterocycles. The van der Waals surface area contributed by atoms with Crippen molar-refractivity contribution in [2.75, 3.05) is 17.2 Å². The Balaban J connectivity index is 1.70. The molecule has 0 aliphatic heterocycles. The molecular formula is C19H14ClF3N2O2. The molecular weight excluding hydrogens is 381 g/mol. The molecule has 0 radical (unpaired) electrons. The number of nitrogens with one attached hydrogen (secondary N) is 2. The van der Waals surface area contributed by atoms with Crippen molar-refractivity contribution in [2.24, 2.45) is 0 Å². The van der Waals surface area contributed by atoms with E-state index in [-0.39, 0.29) is 29.9 Å². The van der Waals surface area contributed by atoms with Gasteiger partial charge in [0.1, 0.15) is 11.4 Å². The van der Waals surface area contributed by atoms with E-state index in [1.807, 2.05) is 0 Å². The largest absolute Gasteiger partial charge is 0.416 e. The second kappa shape index (κ2) is 7.44. The summed E-state index contributed by atoms with van der Waals surface area (Å²) in [6.45, 7) is 0.0766. The fraction of sp³-hybridized carbons (Fsp3) is 0.158. The highest BCUT2D eigenvalue weighted by Crippen LogP contribution is 2.32. The zero-order valence-corrected chi connectivity index (χ0v) is 14.6. The molecule has 0 heterocycles. The van der Waals surface area contributed by atoms with Crippen LogP contribution < -0.4 is 21.5 Å². The number of hydrogen-bond donors (Lipinski definition) is 2. The van der Waals surface area contributed by atoms with Crippen molar-refractivity contribution in [3.63, 3.8) is 0 Å². The van der Waals surface area contributed by atoms with Gasteiger partial charge in [-0.15, -0.1) is 0 Å². The monoisotopic (exact) mass is 394 g/mol. The number of hydrogen-bond acceptors (Lipinski definition) is 4. The van der Waals surface area contributed by atoms with Gasteiger partial charge in [-0.25, -0.2) is 0 Å². The fourth-order valence-electron chi connectivity index (χ4n) is 2.69. The Morgan fingerprint density at radius 1 is 0.889 bits per heavy atom. The molecule has 3 aromatic carbocycles. The molecule has 27 heavy (non-hydrogen) atoms. The van der Waals surface area contributed by atoms with Crippen LogP contribution in [0.4, 0.5) is 30.2 Å². The molecule has 0 fully saturated rings. The van der Waals surface area contributed by atoms with Crippen LogP contribution in [0.25, 0.3) is 0 Å². The van der Waals surface area contributed by atoms with Gasteiger partial charge in [-0.05, 0) is 42.3 Å². The minimum atomic E-state index is -4.45. The molecule has 0 bridgehead atoms. The molecule has 0 amide bonds. The number of anilines is 3. The number of benzene rings is 2. The standard InChI is InChI=1S/C19H14ClF3N2O2/c20-12-5-7-13(8-6-12)25-16-15(17(26)18(16)27)24-10-9-11-3-1-2-4-14(11)19(21,22)23/h1-8,24-25H,9-10H2. The predicted octanol–water partition coefficient (Wildman–Crippen LogP) is 4.35. The van der Waals surface area contributed by atoms with Gasteiger partial charge in [-0.3, -0.25) is 9.59 Å². The van der Waals surface area contributed by atoms with Crippen LogP contribution in [0, 0.1) is 0 Å². The smallest absolute Gasteiger partial charge is 0.380 e. The predicted molar refractivity (Wildman–Crippen MR) is 99.7 cm³/mol. The lowest BCUT2D eigenvalue weighted by Crippen LogP contribution is -2.37. The maximum atomic E-state index is 13.0. The van der Waals surface area contributed by atoms with E-state index in [1.165, 1.54) is 18.2 Å². The van der Waals surface area contributed by atoms with Crippen LogP contribution in [0.5, 0.6) is 0 Å². The Hall–Kier alpha value is -2.80. The lowest BCUT2D eigenvalue weighted by molar-refractivity contribution is -0.138. The maximum Gasteiger partial charge on any atom is 0.416 e. The molecule has 0 atom stereocenters. The van der Waals surface area contributed by atoms with Gasteiger partial charge in [-0.2, -0.15) is 13.2 Å². The van der Waals surface area contributed by atoms with Gasteiger partial charge in [0.15, 0.2) is 0 Å². The molecule has 2 N–H and O–H groups in total. The van der Waals surface area contributed by atoms with Crippen molar-refractivity contribution in [1.82, 2.24) is 0 Å².